The molecule has 0 atom stereocenters. The van der Waals surface area contributed by atoms with Crippen LogP contribution in [0.4, 0.5) is 18.9 Å². The first kappa shape index (κ1) is 12.3. The number of benzene rings is 1. The van der Waals surface area contributed by atoms with Crippen LogP contribution in [-0.2, 0) is 10.0 Å². The van der Waals surface area contributed by atoms with Gasteiger partial charge in [0.05, 0.1) is 17.3 Å². The van der Waals surface area contributed by atoms with Crippen molar-refractivity contribution in [2.45, 2.75) is 5.51 Å². The third-order valence-electron chi connectivity index (χ3n) is 1.55. The smallest absolute Gasteiger partial charge is 0.276 e. The highest BCUT2D eigenvalue weighted by molar-refractivity contribution is 7.93. The second kappa shape index (κ2) is 4.02. The molecule has 0 spiro atoms. The molecule has 4 nitrogen and oxygen atoms in total. The van der Waals surface area contributed by atoms with Gasteiger partial charge in [-0.3, -0.25) is 4.72 Å². The molecule has 0 aliphatic carbocycles. The van der Waals surface area contributed by atoms with Crippen molar-refractivity contribution in [3.05, 3.63) is 29.8 Å². The average Bonchev–Trinajstić information content (AvgIpc) is 2.15. The van der Waals surface area contributed by atoms with Crippen LogP contribution in [0.5, 0.6) is 0 Å². The van der Waals surface area contributed by atoms with Crippen molar-refractivity contribution in [3.8, 4) is 6.07 Å². The Kier molecular flexibility index (Phi) is 3.09. The maximum atomic E-state index is 12.0. The molecule has 0 radical (unpaired) electrons. The number of alkyl halides is 3. The number of sulfonamides is 1. The second-order valence-electron chi connectivity index (χ2n) is 2.74. The highest BCUT2D eigenvalue weighted by Crippen LogP contribution is 2.25. The maximum Gasteiger partial charge on any atom is 0.516 e. The summed E-state index contributed by atoms with van der Waals surface area (Å²) in [6.45, 7) is 0. The van der Waals surface area contributed by atoms with Gasteiger partial charge in [0, 0.05) is 0 Å². The van der Waals surface area contributed by atoms with Crippen LogP contribution in [0, 0.1) is 11.3 Å². The molecule has 0 unspecified atom stereocenters. The number of hydrogen-bond acceptors (Lipinski definition) is 3. The van der Waals surface area contributed by atoms with Gasteiger partial charge in [-0.1, -0.05) is 6.07 Å². The molecule has 1 N–H and O–H groups in total. The first-order valence-corrected chi connectivity index (χ1v) is 5.34. The lowest BCUT2D eigenvalue weighted by atomic mass is 10.2. The van der Waals surface area contributed by atoms with Gasteiger partial charge < -0.3 is 0 Å². The molecule has 8 heteroatoms. The molecule has 0 bridgehead atoms. The van der Waals surface area contributed by atoms with E-state index in [9.17, 15) is 21.6 Å². The second-order valence-corrected chi connectivity index (χ2v) is 4.42. The summed E-state index contributed by atoms with van der Waals surface area (Å²) in [6.07, 6.45) is 0. The Hall–Kier alpha value is -1.75. The van der Waals surface area contributed by atoms with E-state index in [2.05, 4.69) is 0 Å². The average molecular weight is 250 g/mol. The normalized spacial score (nSPS) is 11.9. The van der Waals surface area contributed by atoms with E-state index in [4.69, 9.17) is 5.26 Å². The molecule has 0 aliphatic heterocycles. The summed E-state index contributed by atoms with van der Waals surface area (Å²) in [6, 6.07) is 6.40. The van der Waals surface area contributed by atoms with Crippen LogP contribution in [-0.4, -0.2) is 13.9 Å². The van der Waals surface area contributed by atoms with E-state index < -0.39 is 15.5 Å². The van der Waals surface area contributed by atoms with Crippen molar-refractivity contribution in [1.82, 2.24) is 0 Å². The van der Waals surface area contributed by atoms with Crippen molar-refractivity contribution in [3.63, 3.8) is 0 Å². The van der Waals surface area contributed by atoms with Crippen molar-refractivity contribution in [1.29, 1.82) is 5.26 Å². The molecule has 0 aromatic heterocycles. The minimum atomic E-state index is -5.44. The van der Waals surface area contributed by atoms with E-state index in [1.165, 1.54) is 16.9 Å². The van der Waals surface area contributed by atoms with Crippen molar-refractivity contribution >= 4 is 15.7 Å². The first-order valence-electron chi connectivity index (χ1n) is 3.85. The van der Waals surface area contributed by atoms with E-state index in [-0.39, 0.29) is 11.3 Å². The summed E-state index contributed by atoms with van der Waals surface area (Å²) in [7, 11) is -5.44. The Morgan fingerprint density at radius 2 is 1.94 bits per heavy atom. The predicted molar refractivity (Wildman–Crippen MR) is 49.8 cm³/mol. The highest BCUT2D eigenvalue weighted by atomic mass is 32.2. The first-order chi connectivity index (χ1) is 7.26. The maximum absolute atomic E-state index is 12.0. The number of nitrogens with zero attached hydrogens (tertiary/aromatic N) is 1. The summed E-state index contributed by atoms with van der Waals surface area (Å²) >= 11 is 0. The van der Waals surface area contributed by atoms with Gasteiger partial charge in [0.25, 0.3) is 0 Å². The fraction of sp³-hybridized carbons (Fsp3) is 0.125. The van der Waals surface area contributed by atoms with E-state index in [1.54, 1.807) is 6.07 Å². The van der Waals surface area contributed by atoms with E-state index >= 15 is 0 Å². The quantitative estimate of drug-likeness (QED) is 0.870. The Morgan fingerprint density at radius 1 is 1.31 bits per heavy atom. The van der Waals surface area contributed by atoms with Crippen molar-refractivity contribution in [2.75, 3.05) is 4.72 Å². The molecular weight excluding hydrogens is 245 g/mol. The topological polar surface area (TPSA) is 70.0 Å². The molecule has 0 fully saturated rings. The van der Waals surface area contributed by atoms with Crippen LogP contribution >= 0.6 is 0 Å². The summed E-state index contributed by atoms with van der Waals surface area (Å²) in [5, 5.41) is 8.47. The van der Waals surface area contributed by atoms with Crippen LogP contribution in [0.15, 0.2) is 24.3 Å². The van der Waals surface area contributed by atoms with Crippen molar-refractivity contribution in [2.24, 2.45) is 0 Å². The van der Waals surface area contributed by atoms with Gasteiger partial charge in [-0.2, -0.15) is 26.9 Å². The van der Waals surface area contributed by atoms with Crippen LogP contribution in [0.2, 0.25) is 0 Å². The van der Waals surface area contributed by atoms with Crippen LogP contribution < -0.4 is 4.72 Å². The molecule has 0 heterocycles. The summed E-state index contributed by atoms with van der Waals surface area (Å²) in [4.78, 5) is 0. The highest BCUT2D eigenvalue weighted by Gasteiger charge is 2.45. The Labute approximate surface area is 89.4 Å². The van der Waals surface area contributed by atoms with E-state index in [1.807, 2.05) is 0 Å². The molecule has 1 aromatic carbocycles. The zero-order valence-corrected chi connectivity index (χ0v) is 8.43. The molecule has 0 amide bonds. The molecule has 0 aliphatic rings. The lowest BCUT2D eigenvalue weighted by Crippen LogP contribution is -2.29. The zero-order valence-electron chi connectivity index (χ0n) is 7.62. The summed E-state index contributed by atoms with van der Waals surface area (Å²) in [5.74, 6) is 0. The number of hydrogen-bond donors (Lipinski definition) is 1. The van der Waals surface area contributed by atoms with Crippen LogP contribution in [0.25, 0.3) is 0 Å². The van der Waals surface area contributed by atoms with Gasteiger partial charge >= 0.3 is 15.5 Å². The number of anilines is 1. The standard InChI is InChI=1S/C8H5F3N2O2S/c9-8(10,11)16(14,15)13-7-3-1-2-6(4-7)5-12/h1-4,13H. The number of rotatable bonds is 2. The Bertz CT molecular complexity index is 531. The number of nitriles is 1. The Morgan fingerprint density at radius 3 is 2.44 bits per heavy atom. The van der Waals surface area contributed by atoms with Gasteiger partial charge in [0.2, 0.25) is 0 Å². The summed E-state index contributed by atoms with van der Waals surface area (Å²) < 4.78 is 58.7. The SMILES string of the molecule is N#Cc1cccc(NS(=O)(=O)C(F)(F)F)c1. The van der Waals surface area contributed by atoms with Gasteiger partial charge in [-0.15, -0.1) is 0 Å². The van der Waals surface area contributed by atoms with Crippen LogP contribution in [0.3, 0.4) is 0 Å². The lowest BCUT2D eigenvalue weighted by Gasteiger charge is -2.10. The fourth-order valence-corrected chi connectivity index (χ4v) is 1.42. The van der Waals surface area contributed by atoms with E-state index in [0.29, 0.717) is 0 Å². The van der Waals surface area contributed by atoms with Gasteiger partial charge in [-0.25, -0.2) is 0 Å². The molecular formula is C8H5F3N2O2S. The predicted octanol–water partition coefficient (Wildman–Crippen LogP) is 1.82. The minimum Gasteiger partial charge on any atom is -0.276 e. The minimum absolute atomic E-state index is 0.0578. The third-order valence-corrected chi connectivity index (χ3v) is 2.66. The molecule has 1 aromatic rings. The van der Waals surface area contributed by atoms with E-state index in [0.717, 1.165) is 12.1 Å². The zero-order chi connectivity index (χ0) is 12.4. The molecule has 1 rings (SSSR count). The van der Waals surface area contributed by atoms with Crippen molar-refractivity contribution < 1.29 is 21.6 Å². The molecule has 86 valence electrons. The number of halogens is 3. The monoisotopic (exact) mass is 250 g/mol. The molecule has 0 saturated carbocycles. The largest absolute Gasteiger partial charge is 0.516 e. The molecule has 0 saturated heterocycles. The van der Waals surface area contributed by atoms with Gasteiger partial charge in [-0.05, 0) is 18.2 Å². The molecule has 16 heavy (non-hydrogen) atoms. The summed E-state index contributed by atoms with van der Waals surface area (Å²) in [5.41, 5.74) is -5.63. The third kappa shape index (κ3) is 2.64. The van der Waals surface area contributed by atoms with Crippen LogP contribution in [0.1, 0.15) is 5.56 Å². The van der Waals surface area contributed by atoms with Gasteiger partial charge in [0.15, 0.2) is 0 Å². The Balaban J connectivity index is 3.03. The van der Waals surface area contributed by atoms with Gasteiger partial charge in [0.1, 0.15) is 0 Å². The lowest BCUT2D eigenvalue weighted by molar-refractivity contribution is -0.0429. The fourth-order valence-electron chi connectivity index (χ4n) is 0.865. The number of nitrogens with one attached hydrogen (secondary N) is 1.